The van der Waals surface area contributed by atoms with E-state index in [2.05, 4.69) is 29.8 Å². The quantitative estimate of drug-likeness (QED) is 0.884. The van der Waals surface area contributed by atoms with Crippen LogP contribution in [0.5, 0.6) is 11.5 Å². The minimum Gasteiger partial charge on any atom is -0.495 e. The van der Waals surface area contributed by atoms with E-state index in [1.165, 1.54) is 0 Å². The second kappa shape index (κ2) is 7.87. The Hall–Kier alpha value is -0.450. The molecule has 0 saturated heterocycles. The molecule has 0 spiro atoms. The number of hydrogen-bond acceptors (Lipinski definition) is 3. The predicted molar refractivity (Wildman–Crippen MR) is 80.9 cm³/mol. The lowest BCUT2D eigenvalue weighted by molar-refractivity contribution is 0.386. The maximum Gasteiger partial charge on any atom is 0.137 e. The molecular weight excluding hydrogens is 318 g/mol. The van der Waals surface area contributed by atoms with Crippen LogP contribution in [-0.4, -0.2) is 14.2 Å². The lowest BCUT2D eigenvalue weighted by Gasteiger charge is -2.17. The summed E-state index contributed by atoms with van der Waals surface area (Å²) in [6.07, 6.45) is 0.938. The van der Waals surface area contributed by atoms with E-state index in [9.17, 15) is 0 Å². The van der Waals surface area contributed by atoms with Crippen molar-refractivity contribution in [1.82, 2.24) is 0 Å². The molecule has 0 heterocycles. The Morgan fingerprint density at radius 3 is 1.94 bits per heavy atom. The second-order valence-corrected chi connectivity index (χ2v) is 5.27. The number of halogens is 2. The van der Waals surface area contributed by atoms with E-state index in [1.807, 2.05) is 12.1 Å². The molecular formula is C13H21BrClNO2. The van der Waals surface area contributed by atoms with Crippen LogP contribution in [0.15, 0.2) is 16.6 Å². The van der Waals surface area contributed by atoms with E-state index in [-0.39, 0.29) is 18.4 Å². The maximum atomic E-state index is 6.17. The van der Waals surface area contributed by atoms with E-state index in [0.717, 1.165) is 28.0 Å². The van der Waals surface area contributed by atoms with Gasteiger partial charge >= 0.3 is 0 Å². The molecule has 18 heavy (non-hydrogen) atoms. The van der Waals surface area contributed by atoms with Crippen LogP contribution in [0, 0.1) is 5.92 Å². The van der Waals surface area contributed by atoms with Crippen LogP contribution in [0.2, 0.25) is 0 Å². The summed E-state index contributed by atoms with van der Waals surface area (Å²) in [6, 6.07) is 3.92. The van der Waals surface area contributed by atoms with Gasteiger partial charge in [0, 0.05) is 6.04 Å². The molecule has 1 aromatic rings. The first-order valence-corrected chi connectivity index (χ1v) is 6.45. The van der Waals surface area contributed by atoms with Gasteiger partial charge in [-0.2, -0.15) is 0 Å². The van der Waals surface area contributed by atoms with Gasteiger partial charge in [0.25, 0.3) is 0 Å². The highest BCUT2D eigenvalue weighted by Gasteiger charge is 2.15. The first kappa shape index (κ1) is 17.6. The Labute approximate surface area is 124 Å². The van der Waals surface area contributed by atoms with Gasteiger partial charge < -0.3 is 15.2 Å². The zero-order valence-corrected chi connectivity index (χ0v) is 13.6. The van der Waals surface area contributed by atoms with Crippen molar-refractivity contribution in [3.05, 3.63) is 22.2 Å². The Morgan fingerprint density at radius 2 is 1.61 bits per heavy atom. The molecule has 0 aliphatic rings. The van der Waals surface area contributed by atoms with Gasteiger partial charge in [0.15, 0.2) is 0 Å². The third-order valence-corrected chi connectivity index (χ3v) is 3.40. The van der Waals surface area contributed by atoms with Crippen molar-refractivity contribution in [2.24, 2.45) is 11.7 Å². The Balaban J connectivity index is 0.00000289. The predicted octanol–water partition coefficient (Wildman–Crippen LogP) is 3.93. The van der Waals surface area contributed by atoms with E-state index < -0.39 is 0 Å². The first-order chi connectivity index (χ1) is 7.99. The topological polar surface area (TPSA) is 44.5 Å². The molecule has 0 bridgehead atoms. The van der Waals surface area contributed by atoms with Crippen molar-refractivity contribution >= 4 is 28.3 Å². The van der Waals surface area contributed by atoms with Gasteiger partial charge in [0.05, 0.1) is 14.2 Å². The smallest absolute Gasteiger partial charge is 0.137 e. The standard InChI is InChI=1S/C13H20BrNO2.ClH/c1-8(2)5-10(15)9-6-11(16-3)13(14)12(7-9)17-4;/h6-8,10H,5,15H2,1-4H3;1H/t10-;/m0./s1. The summed E-state index contributed by atoms with van der Waals surface area (Å²) in [5.41, 5.74) is 7.20. The largest absolute Gasteiger partial charge is 0.495 e. The molecule has 104 valence electrons. The van der Waals surface area contributed by atoms with Crippen LogP contribution in [0.3, 0.4) is 0 Å². The average molecular weight is 339 g/mol. The zero-order chi connectivity index (χ0) is 13.0. The normalized spacial score (nSPS) is 11.9. The van der Waals surface area contributed by atoms with Crippen molar-refractivity contribution in [3.8, 4) is 11.5 Å². The molecule has 1 aromatic carbocycles. The highest BCUT2D eigenvalue weighted by Crippen LogP contribution is 2.37. The van der Waals surface area contributed by atoms with Gasteiger partial charge in [-0.3, -0.25) is 0 Å². The summed E-state index contributed by atoms with van der Waals surface area (Å²) in [5, 5.41) is 0. The van der Waals surface area contributed by atoms with Crippen molar-refractivity contribution in [2.75, 3.05) is 14.2 Å². The molecule has 0 saturated carbocycles. The fourth-order valence-corrected chi connectivity index (χ4v) is 2.30. The molecule has 0 aliphatic heterocycles. The fraction of sp³-hybridized carbons (Fsp3) is 0.538. The Kier molecular flexibility index (Phi) is 7.67. The van der Waals surface area contributed by atoms with E-state index in [4.69, 9.17) is 15.2 Å². The van der Waals surface area contributed by atoms with Crippen LogP contribution >= 0.6 is 28.3 Å². The van der Waals surface area contributed by atoms with Crippen molar-refractivity contribution in [1.29, 1.82) is 0 Å². The van der Waals surface area contributed by atoms with Crippen molar-refractivity contribution < 1.29 is 9.47 Å². The molecule has 2 N–H and O–H groups in total. The van der Waals surface area contributed by atoms with Gasteiger partial charge in [-0.1, -0.05) is 13.8 Å². The lowest BCUT2D eigenvalue weighted by atomic mass is 9.97. The highest BCUT2D eigenvalue weighted by atomic mass is 79.9. The molecule has 0 unspecified atom stereocenters. The van der Waals surface area contributed by atoms with E-state index >= 15 is 0 Å². The molecule has 0 aliphatic carbocycles. The van der Waals surface area contributed by atoms with Crippen molar-refractivity contribution in [3.63, 3.8) is 0 Å². The molecule has 0 amide bonds. The molecule has 5 heteroatoms. The van der Waals surface area contributed by atoms with Gasteiger partial charge in [0.1, 0.15) is 16.0 Å². The van der Waals surface area contributed by atoms with Crippen LogP contribution in [0.1, 0.15) is 31.9 Å². The first-order valence-electron chi connectivity index (χ1n) is 5.66. The summed E-state index contributed by atoms with van der Waals surface area (Å²) in [4.78, 5) is 0. The monoisotopic (exact) mass is 337 g/mol. The number of methoxy groups -OCH3 is 2. The number of benzene rings is 1. The third kappa shape index (κ3) is 4.34. The lowest BCUT2D eigenvalue weighted by Crippen LogP contribution is -2.13. The number of hydrogen-bond donors (Lipinski definition) is 1. The summed E-state index contributed by atoms with van der Waals surface area (Å²) >= 11 is 3.44. The summed E-state index contributed by atoms with van der Waals surface area (Å²) < 4.78 is 11.4. The summed E-state index contributed by atoms with van der Waals surface area (Å²) in [5.74, 6) is 2.06. The van der Waals surface area contributed by atoms with Crippen molar-refractivity contribution in [2.45, 2.75) is 26.3 Å². The molecule has 3 nitrogen and oxygen atoms in total. The Bertz CT molecular complexity index is 360. The highest BCUT2D eigenvalue weighted by molar-refractivity contribution is 9.10. The van der Waals surface area contributed by atoms with Gasteiger partial charge in [-0.25, -0.2) is 0 Å². The SMILES string of the molecule is COc1cc([C@@H](N)CC(C)C)cc(OC)c1Br.Cl. The molecule has 1 atom stereocenters. The zero-order valence-electron chi connectivity index (χ0n) is 11.2. The fourth-order valence-electron chi connectivity index (χ4n) is 1.75. The molecule has 0 fully saturated rings. The summed E-state index contributed by atoms with van der Waals surface area (Å²) in [7, 11) is 3.27. The molecule has 0 radical (unpaired) electrons. The van der Waals surface area contributed by atoms with E-state index in [1.54, 1.807) is 14.2 Å². The van der Waals surface area contributed by atoms with Crippen LogP contribution in [-0.2, 0) is 0 Å². The minimum absolute atomic E-state index is 0. The van der Waals surface area contributed by atoms with Crippen LogP contribution in [0.25, 0.3) is 0 Å². The molecule has 0 aromatic heterocycles. The van der Waals surface area contributed by atoms with Gasteiger partial charge in [-0.15, -0.1) is 12.4 Å². The van der Waals surface area contributed by atoms with Gasteiger partial charge in [0.2, 0.25) is 0 Å². The van der Waals surface area contributed by atoms with Gasteiger partial charge in [-0.05, 0) is 46.0 Å². The second-order valence-electron chi connectivity index (χ2n) is 4.48. The summed E-state index contributed by atoms with van der Waals surface area (Å²) in [6.45, 7) is 4.32. The van der Waals surface area contributed by atoms with Crippen LogP contribution < -0.4 is 15.2 Å². The Morgan fingerprint density at radius 1 is 1.17 bits per heavy atom. The number of ether oxygens (including phenoxy) is 2. The van der Waals surface area contributed by atoms with Crippen LogP contribution in [0.4, 0.5) is 0 Å². The van der Waals surface area contributed by atoms with E-state index in [0.29, 0.717) is 5.92 Å². The average Bonchev–Trinajstić information content (AvgIpc) is 2.28. The minimum atomic E-state index is 0. The third-order valence-electron chi connectivity index (χ3n) is 2.62. The number of rotatable bonds is 5. The number of nitrogens with two attached hydrogens (primary N) is 1. The molecule has 1 rings (SSSR count). The maximum absolute atomic E-state index is 6.17.